The molecule has 0 unspecified atom stereocenters. The van der Waals surface area contributed by atoms with Crippen molar-refractivity contribution >= 4 is 34.8 Å². The van der Waals surface area contributed by atoms with Crippen molar-refractivity contribution in [3.8, 4) is 0 Å². The van der Waals surface area contributed by atoms with Crippen molar-refractivity contribution in [3.63, 3.8) is 0 Å². The van der Waals surface area contributed by atoms with E-state index in [0.717, 1.165) is 11.1 Å². The summed E-state index contributed by atoms with van der Waals surface area (Å²) in [6, 6.07) is 15.2. The third-order valence-electron chi connectivity index (χ3n) is 3.67. The van der Waals surface area contributed by atoms with Gasteiger partial charge in [-0.2, -0.15) is 5.10 Å². The molecule has 0 atom stereocenters. The first-order valence-electron chi connectivity index (χ1n) is 7.82. The van der Waals surface area contributed by atoms with Gasteiger partial charge in [0.15, 0.2) is 0 Å². The van der Waals surface area contributed by atoms with Gasteiger partial charge < -0.3 is 5.32 Å². The average molecular weight is 388 g/mol. The van der Waals surface area contributed by atoms with Crippen LogP contribution in [0.15, 0.2) is 59.4 Å². The van der Waals surface area contributed by atoms with E-state index in [4.69, 9.17) is 23.2 Å². The lowest BCUT2D eigenvalue weighted by Gasteiger charge is -2.09. The smallest absolute Gasteiger partial charge is 0.276 e. The molecule has 3 rings (SSSR count). The van der Waals surface area contributed by atoms with Crippen molar-refractivity contribution in [2.75, 3.05) is 5.32 Å². The predicted molar refractivity (Wildman–Crippen MR) is 103 cm³/mol. The summed E-state index contributed by atoms with van der Waals surface area (Å²) < 4.78 is 1.25. The van der Waals surface area contributed by atoms with Gasteiger partial charge in [-0.1, -0.05) is 53.0 Å². The summed E-state index contributed by atoms with van der Waals surface area (Å²) in [7, 11) is 0. The van der Waals surface area contributed by atoms with Gasteiger partial charge in [0, 0.05) is 21.8 Å². The van der Waals surface area contributed by atoms with Crippen molar-refractivity contribution in [1.82, 2.24) is 9.78 Å². The highest BCUT2D eigenvalue weighted by molar-refractivity contribution is 6.35. The zero-order valence-corrected chi connectivity index (χ0v) is 15.4. The molecular weight excluding hydrogens is 373 g/mol. The quantitative estimate of drug-likeness (QED) is 0.730. The maximum absolute atomic E-state index is 12.4. The van der Waals surface area contributed by atoms with Gasteiger partial charge in [-0.05, 0) is 36.8 Å². The Bertz CT molecular complexity index is 994. The number of rotatable bonds is 4. The first-order chi connectivity index (χ1) is 12.4. The van der Waals surface area contributed by atoms with Crippen molar-refractivity contribution in [2.24, 2.45) is 0 Å². The molecular formula is C19H15Cl2N3O2. The molecule has 0 spiro atoms. The van der Waals surface area contributed by atoms with Crippen LogP contribution in [0.25, 0.3) is 0 Å². The maximum atomic E-state index is 12.4. The number of hydrogen-bond acceptors (Lipinski definition) is 3. The third kappa shape index (κ3) is 4.50. The number of aromatic nitrogens is 2. The second kappa shape index (κ2) is 7.72. The molecule has 0 aliphatic rings. The van der Waals surface area contributed by atoms with Crippen LogP contribution < -0.4 is 10.9 Å². The molecule has 2 aromatic carbocycles. The number of nitrogens with zero attached hydrogens (tertiary/aromatic N) is 2. The van der Waals surface area contributed by atoms with Crippen molar-refractivity contribution in [3.05, 3.63) is 91.8 Å². The average Bonchev–Trinajstić information content (AvgIpc) is 2.58. The zero-order chi connectivity index (χ0) is 18.7. The molecule has 1 aromatic heterocycles. The van der Waals surface area contributed by atoms with Gasteiger partial charge >= 0.3 is 0 Å². The number of carbonyl (C=O) groups excluding carboxylic acids is 1. The Morgan fingerprint density at radius 2 is 1.69 bits per heavy atom. The Morgan fingerprint density at radius 1 is 1.04 bits per heavy atom. The highest BCUT2D eigenvalue weighted by Gasteiger charge is 2.11. The summed E-state index contributed by atoms with van der Waals surface area (Å²) in [5.41, 5.74) is 2.33. The number of benzene rings is 2. The lowest BCUT2D eigenvalue weighted by Crippen LogP contribution is -2.26. The van der Waals surface area contributed by atoms with Gasteiger partial charge in [0.25, 0.3) is 11.5 Å². The SMILES string of the molecule is Cc1ccc(Cn2nc(C(=O)Nc3cc(Cl)cc(Cl)c3)ccc2=O)cc1. The van der Waals surface area contributed by atoms with Crippen molar-refractivity contribution < 1.29 is 4.79 Å². The largest absolute Gasteiger partial charge is 0.320 e. The summed E-state index contributed by atoms with van der Waals surface area (Å²) in [6.45, 7) is 2.27. The fourth-order valence-corrected chi connectivity index (χ4v) is 2.90. The van der Waals surface area contributed by atoms with E-state index >= 15 is 0 Å². The minimum Gasteiger partial charge on any atom is -0.320 e. The zero-order valence-electron chi connectivity index (χ0n) is 13.9. The highest BCUT2D eigenvalue weighted by Crippen LogP contribution is 2.22. The van der Waals surface area contributed by atoms with Gasteiger partial charge in [0.05, 0.1) is 6.54 Å². The molecule has 1 heterocycles. The lowest BCUT2D eigenvalue weighted by molar-refractivity contribution is 0.102. The van der Waals surface area contributed by atoms with Gasteiger partial charge in [-0.25, -0.2) is 4.68 Å². The molecule has 26 heavy (non-hydrogen) atoms. The van der Waals surface area contributed by atoms with E-state index in [2.05, 4.69) is 10.4 Å². The second-order valence-electron chi connectivity index (χ2n) is 5.81. The molecule has 1 N–H and O–H groups in total. The summed E-state index contributed by atoms with van der Waals surface area (Å²) in [5, 5.41) is 7.64. The topological polar surface area (TPSA) is 64.0 Å². The Balaban J connectivity index is 1.83. The molecule has 0 saturated heterocycles. The number of carbonyl (C=O) groups is 1. The van der Waals surface area contributed by atoms with Crippen LogP contribution in [0.2, 0.25) is 10.0 Å². The molecule has 0 aliphatic carbocycles. The van der Waals surface area contributed by atoms with Crippen LogP contribution in [-0.2, 0) is 6.54 Å². The summed E-state index contributed by atoms with van der Waals surface area (Å²) >= 11 is 11.9. The van der Waals surface area contributed by atoms with E-state index in [1.165, 1.54) is 16.8 Å². The summed E-state index contributed by atoms with van der Waals surface area (Å²) in [4.78, 5) is 24.5. The number of amides is 1. The molecule has 0 radical (unpaired) electrons. The number of nitrogens with one attached hydrogen (secondary N) is 1. The Labute approximate surface area is 160 Å². The fourth-order valence-electron chi connectivity index (χ4n) is 2.37. The van der Waals surface area contributed by atoms with Crippen molar-refractivity contribution in [1.29, 1.82) is 0 Å². The van der Waals surface area contributed by atoms with Crippen molar-refractivity contribution in [2.45, 2.75) is 13.5 Å². The van der Waals surface area contributed by atoms with Crippen LogP contribution in [-0.4, -0.2) is 15.7 Å². The first-order valence-corrected chi connectivity index (χ1v) is 8.57. The van der Waals surface area contributed by atoms with Gasteiger partial charge in [-0.15, -0.1) is 0 Å². The number of hydrogen-bond donors (Lipinski definition) is 1. The van der Waals surface area contributed by atoms with Crippen LogP contribution >= 0.6 is 23.2 Å². The van der Waals surface area contributed by atoms with E-state index in [1.54, 1.807) is 18.2 Å². The van der Waals surface area contributed by atoms with Crippen LogP contribution in [0.5, 0.6) is 0 Å². The molecule has 0 bridgehead atoms. The summed E-state index contributed by atoms with van der Waals surface area (Å²) in [5.74, 6) is -0.457. The Morgan fingerprint density at radius 3 is 2.35 bits per heavy atom. The van der Waals surface area contributed by atoms with Gasteiger partial charge in [-0.3, -0.25) is 9.59 Å². The van der Waals surface area contributed by atoms with E-state index in [9.17, 15) is 9.59 Å². The van der Waals surface area contributed by atoms with Crippen LogP contribution in [0, 0.1) is 6.92 Å². The maximum Gasteiger partial charge on any atom is 0.276 e. The number of aryl methyl sites for hydroxylation is 1. The first kappa shape index (κ1) is 18.2. The van der Waals surface area contributed by atoms with E-state index in [-0.39, 0.29) is 17.8 Å². The lowest BCUT2D eigenvalue weighted by atomic mass is 10.1. The minimum atomic E-state index is -0.457. The normalized spacial score (nSPS) is 10.6. The molecule has 0 saturated carbocycles. The minimum absolute atomic E-state index is 0.118. The standard InChI is InChI=1S/C19H15Cl2N3O2/c1-12-2-4-13(5-3-12)11-24-18(25)7-6-17(23-24)19(26)22-16-9-14(20)8-15(21)10-16/h2-10H,11H2,1H3,(H,22,26). The molecule has 3 aromatic rings. The monoisotopic (exact) mass is 387 g/mol. The van der Waals surface area contributed by atoms with E-state index in [1.807, 2.05) is 31.2 Å². The molecule has 0 fully saturated rings. The summed E-state index contributed by atoms with van der Waals surface area (Å²) in [6.07, 6.45) is 0. The molecule has 1 amide bonds. The van der Waals surface area contributed by atoms with Crippen LogP contribution in [0.4, 0.5) is 5.69 Å². The number of anilines is 1. The molecule has 7 heteroatoms. The fraction of sp³-hybridized carbons (Fsp3) is 0.105. The predicted octanol–water partition coefficient (Wildman–Crippen LogP) is 4.16. The van der Waals surface area contributed by atoms with Gasteiger partial charge in [0.1, 0.15) is 5.69 Å². The Kier molecular flexibility index (Phi) is 5.40. The Hall–Kier alpha value is -2.63. The van der Waals surface area contributed by atoms with Gasteiger partial charge in [0.2, 0.25) is 0 Å². The van der Waals surface area contributed by atoms with E-state index in [0.29, 0.717) is 15.7 Å². The van der Waals surface area contributed by atoms with Crippen LogP contribution in [0.3, 0.4) is 0 Å². The molecule has 132 valence electrons. The van der Waals surface area contributed by atoms with Crippen LogP contribution in [0.1, 0.15) is 21.6 Å². The number of halogens is 2. The van der Waals surface area contributed by atoms with E-state index < -0.39 is 5.91 Å². The second-order valence-corrected chi connectivity index (χ2v) is 6.69. The molecule has 5 nitrogen and oxygen atoms in total. The third-order valence-corrected chi connectivity index (χ3v) is 4.11. The molecule has 0 aliphatic heterocycles. The highest BCUT2D eigenvalue weighted by atomic mass is 35.5.